The summed E-state index contributed by atoms with van der Waals surface area (Å²) in [6.07, 6.45) is 1.52. The minimum atomic E-state index is -0.703. The summed E-state index contributed by atoms with van der Waals surface area (Å²) in [4.78, 5) is 23.9. The molecule has 0 spiro atoms. The Balaban J connectivity index is 1.84. The maximum Gasteiger partial charge on any atom is 0.262 e. The van der Waals surface area contributed by atoms with Crippen LogP contribution in [0, 0.1) is 0 Å². The van der Waals surface area contributed by atoms with E-state index < -0.39 is 11.9 Å². The third kappa shape index (κ3) is 4.95. The molecule has 0 fully saturated rings. The van der Waals surface area contributed by atoms with Gasteiger partial charge >= 0.3 is 0 Å². The molecule has 0 saturated carbocycles. The average molecular weight is 325 g/mol. The van der Waals surface area contributed by atoms with Gasteiger partial charge in [-0.1, -0.05) is 18.2 Å². The molecule has 0 saturated heterocycles. The van der Waals surface area contributed by atoms with Crippen LogP contribution in [0.15, 0.2) is 59.7 Å². The van der Waals surface area contributed by atoms with Crippen molar-refractivity contribution < 1.29 is 14.3 Å². The van der Waals surface area contributed by atoms with Gasteiger partial charge in [-0.25, -0.2) is 5.43 Å². The van der Waals surface area contributed by atoms with Gasteiger partial charge in [0.2, 0.25) is 0 Å². The van der Waals surface area contributed by atoms with E-state index in [1.54, 1.807) is 50.4 Å². The number of benzene rings is 2. The number of amides is 2. The van der Waals surface area contributed by atoms with Crippen molar-refractivity contribution in [3.8, 4) is 5.75 Å². The Bertz CT molecular complexity index is 712. The van der Waals surface area contributed by atoms with Crippen LogP contribution in [0.4, 0.5) is 0 Å². The predicted molar refractivity (Wildman–Crippen MR) is 92.1 cm³/mol. The van der Waals surface area contributed by atoms with Gasteiger partial charge in [-0.15, -0.1) is 0 Å². The Hall–Kier alpha value is -3.15. The number of ether oxygens (including phenoxy) is 1. The number of methoxy groups -OCH3 is 1. The second-order valence-corrected chi connectivity index (χ2v) is 5.07. The van der Waals surface area contributed by atoms with Crippen LogP contribution in [0.5, 0.6) is 5.75 Å². The summed E-state index contributed by atoms with van der Waals surface area (Å²) < 4.78 is 5.06. The molecule has 0 aromatic heterocycles. The van der Waals surface area contributed by atoms with Gasteiger partial charge in [-0.2, -0.15) is 5.10 Å². The molecule has 1 atom stereocenters. The molecule has 0 heterocycles. The normalized spacial score (nSPS) is 11.8. The summed E-state index contributed by atoms with van der Waals surface area (Å²) in [5.41, 5.74) is 3.72. The van der Waals surface area contributed by atoms with E-state index in [1.807, 2.05) is 18.2 Å². The van der Waals surface area contributed by atoms with E-state index in [-0.39, 0.29) is 5.91 Å². The van der Waals surface area contributed by atoms with Crippen LogP contribution < -0.4 is 15.5 Å². The topological polar surface area (TPSA) is 79.8 Å². The summed E-state index contributed by atoms with van der Waals surface area (Å²) in [5.74, 6) is 0.0369. The van der Waals surface area contributed by atoms with Crippen LogP contribution >= 0.6 is 0 Å². The van der Waals surface area contributed by atoms with Gasteiger partial charge in [0.15, 0.2) is 0 Å². The van der Waals surface area contributed by atoms with Crippen molar-refractivity contribution in [1.29, 1.82) is 0 Å². The molecule has 0 aliphatic heterocycles. The van der Waals surface area contributed by atoms with Crippen LogP contribution in [0.1, 0.15) is 22.8 Å². The molecule has 0 bridgehead atoms. The fourth-order valence-corrected chi connectivity index (χ4v) is 1.89. The molecule has 2 amide bonds. The number of hydrazone groups is 1. The van der Waals surface area contributed by atoms with Crippen molar-refractivity contribution >= 4 is 18.0 Å². The Morgan fingerprint density at radius 2 is 1.75 bits per heavy atom. The number of carbonyl (C=O) groups is 2. The van der Waals surface area contributed by atoms with Gasteiger partial charge in [0.05, 0.1) is 13.3 Å². The minimum absolute atomic E-state index is 0.308. The Morgan fingerprint density at radius 1 is 1.08 bits per heavy atom. The van der Waals surface area contributed by atoms with Crippen LogP contribution in [0.2, 0.25) is 0 Å². The highest BCUT2D eigenvalue weighted by atomic mass is 16.5. The second kappa shape index (κ2) is 8.47. The number of nitrogens with one attached hydrogen (secondary N) is 2. The summed E-state index contributed by atoms with van der Waals surface area (Å²) in [5, 5.41) is 6.50. The van der Waals surface area contributed by atoms with Crippen molar-refractivity contribution in [1.82, 2.24) is 10.7 Å². The van der Waals surface area contributed by atoms with Gasteiger partial charge in [-0.05, 0) is 48.9 Å². The van der Waals surface area contributed by atoms with Crippen molar-refractivity contribution in [3.05, 3.63) is 65.7 Å². The average Bonchev–Trinajstić information content (AvgIpc) is 2.62. The highest BCUT2D eigenvalue weighted by Gasteiger charge is 2.15. The lowest BCUT2D eigenvalue weighted by Gasteiger charge is -2.12. The highest BCUT2D eigenvalue weighted by molar-refractivity contribution is 5.97. The first-order chi connectivity index (χ1) is 11.6. The Morgan fingerprint density at radius 3 is 2.38 bits per heavy atom. The molecule has 0 unspecified atom stereocenters. The summed E-state index contributed by atoms with van der Waals surface area (Å²) >= 11 is 0. The zero-order valence-electron chi connectivity index (χ0n) is 13.5. The zero-order chi connectivity index (χ0) is 17.4. The molecular formula is C18H19N3O3. The number of hydrogen-bond donors (Lipinski definition) is 2. The Kier molecular flexibility index (Phi) is 6.08. The maximum atomic E-state index is 12.0. The quantitative estimate of drug-likeness (QED) is 0.629. The summed E-state index contributed by atoms with van der Waals surface area (Å²) in [7, 11) is 1.59. The van der Waals surface area contributed by atoms with Gasteiger partial charge in [0.1, 0.15) is 11.8 Å². The molecule has 2 N–H and O–H groups in total. The Labute approximate surface area is 140 Å². The second-order valence-electron chi connectivity index (χ2n) is 5.07. The van der Waals surface area contributed by atoms with Crippen LogP contribution in [0.25, 0.3) is 0 Å². The third-order valence-electron chi connectivity index (χ3n) is 3.28. The van der Waals surface area contributed by atoms with Crippen molar-refractivity contribution in [3.63, 3.8) is 0 Å². The number of nitrogens with zero attached hydrogens (tertiary/aromatic N) is 1. The molecule has 0 aliphatic carbocycles. The standard InChI is InChI=1S/C18H19N3O3/c1-13(20-18(23)15-6-4-3-5-7-15)17(22)21-19-12-14-8-10-16(24-2)11-9-14/h3-13H,1-2H3,(H,20,23)(H,21,22)/b19-12-/t13-/m1/s1. The van der Waals surface area contributed by atoms with Crippen molar-refractivity contribution in [2.24, 2.45) is 5.10 Å². The molecule has 0 aliphatic rings. The first-order valence-corrected chi connectivity index (χ1v) is 7.43. The predicted octanol–water partition coefficient (Wildman–Crippen LogP) is 1.96. The summed E-state index contributed by atoms with van der Waals surface area (Å²) in [6.45, 7) is 1.60. The van der Waals surface area contributed by atoms with Gasteiger partial charge in [0.25, 0.3) is 11.8 Å². The van der Waals surface area contributed by atoms with Crippen molar-refractivity contribution in [2.45, 2.75) is 13.0 Å². The van der Waals surface area contributed by atoms with E-state index in [1.165, 1.54) is 6.21 Å². The largest absolute Gasteiger partial charge is 0.497 e. The molecule has 6 heteroatoms. The van der Waals surface area contributed by atoms with Crippen molar-refractivity contribution in [2.75, 3.05) is 7.11 Å². The highest BCUT2D eigenvalue weighted by Crippen LogP contribution is 2.09. The molecule has 2 rings (SSSR count). The van der Waals surface area contributed by atoms with Crippen LogP contribution in [-0.4, -0.2) is 31.2 Å². The molecule has 6 nitrogen and oxygen atoms in total. The molecule has 2 aromatic rings. The van der Waals surface area contributed by atoms with E-state index in [4.69, 9.17) is 4.74 Å². The SMILES string of the molecule is COc1ccc(/C=N\NC(=O)[C@@H](C)NC(=O)c2ccccc2)cc1. The minimum Gasteiger partial charge on any atom is -0.497 e. The molecule has 124 valence electrons. The monoisotopic (exact) mass is 325 g/mol. The number of carbonyl (C=O) groups excluding carboxylic acids is 2. The fourth-order valence-electron chi connectivity index (χ4n) is 1.89. The molecular weight excluding hydrogens is 306 g/mol. The first kappa shape index (κ1) is 17.2. The fraction of sp³-hybridized carbons (Fsp3) is 0.167. The van der Waals surface area contributed by atoms with E-state index in [0.29, 0.717) is 5.56 Å². The zero-order valence-corrected chi connectivity index (χ0v) is 13.5. The smallest absolute Gasteiger partial charge is 0.262 e. The van der Waals surface area contributed by atoms with Crippen LogP contribution in [-0.2, 0) is 4.79 Å². The number of hydrogen-bond acceptors (Lipinski definition) is 4. The third-order valence-corrected chi connectivity index (χ3v) is 3.28. The molecule has 2 aromatic carbocycles. The number of rotatable bonds is 6. The summed E-state index contributed by atoms with van der Waals surface area (Å²) in [6, 6.07) is 15.2. The first-order valence-electron chi connectivity index (χ1n) is 7.43. The van der Waals surface area contributed by atoms with Gasteiger partial charge < -0.3 is 10.1 Å². The lowest BCUT2D eigenvalue weighted by molar-refractivity contribution is -0.122. The lowest BCUT2D eigenvalue weighted by Crippen LogP contribution is -2.43. The van der Waals surface area contributed by atoms with E-state index >= 15 is 0 Å². The van der Waals surface area contributed by atoms with Gasteiger partial charge in [0, 0.05) is 5.56 Å². The maximum absolute atomic E-state index is 12.0. The molecule has 0 radical (unpaired) electrons. The van der Waals surface area contributed by atoms with Gasteiger partial charge in [-0.3, -0.25) is 9.59 Å². The van der Waals surface area contributed by atoms with Crippen LogP contribution in [0.3, 0.4) is 0 Å². The lowest BCUT2D eigenvalue weighted by atomic mass is 10.2. The van der Waals surface area contributed by atoms with E-state index in [9.17, 15) is 9.59 Å². The molecule has 24 heavy (non-hydrogen) atoms. The van der Waals surface area contributed by atoms with E-state index in [2.05, 4.69) is 15.8 Å². The van der Waals surface area contributed by atoms with E-state index in [0.717, 1.165) is 11.3 Å².